The fraction of sp³-hybridized carbons (Fsp3) is 0.222. The highest BCUT2D eigenvalue weighted by atomic mass is 32.1. The molecular weight excluding hydrogens is 354 g/mol. The molecule has 0 unspecified atom stereocenters. The molecule has 0 saturated heterocycles. The van der Waals surface area contributed by atoms with Gasteiger partial charge in [-0.25, -0.2) is 4.98 Å². The molecule has 0 aliphatic rings. The lowest BCUT2D eigenvalue weighted by molar-refractivity contribution is -0.385. The number of aromatic nitrogens is 2. The number of aryl methyl sites for hydroxylation is 2. The molecule has 0 fully saturated rings. The quantitative estimate of drug-likeness (QED) is 0.371. The van der Waals surface area contributed by atoms with Gasteiger partial charge in [-0.2, -0.15) is 0 Å². The first kappa shape index (κ1) is 17.8. The molecule has 0 atom stereocenters. The lowest BCUT2D eigenvalue weighted by Gasteiger charge is -2.07. The first-order valence-electron chi connectivity index (χ1n) is 7.89. The van der Waals surface area contributed by atoms with Gasteiger partial charge >= 0.3 is 5.69 Å². The molecule has 2 aromatic heterocycles. The summed E-state index contributed by atoms with van der Waals surface area (Å²) in [6.45, 7) is 5.40. The number of hydrogen-bond acceptors (Lipinski definition) is 6. The molecule has 0 spiro atoms. The molecule has 0 N–H and O–H groups in total. The van der Waals surface area contributed by atoms with Crippen molar-refractivity contribution in [3.8, 4) is 10.9 Å². The molecule has 1 aromatic carbocycles. The Labute approximate surface area is 154 Å². The topological polar surface area (TPSA) is 87.3 Å². The summed E-state index contributed by atoms with van der Waals surface area (Å²) < 4.78 is 7.34. The fourth-order valence-corrected chi connectivity index (χ4v) is 3.65. The van der Waals surface area contributed by atoms with Crippen LogP contribution in [0.25, 0.3) is 5.13 Å². The molecule has 0 saturated carbocycles. The van der Waals surface area contributed by atoms with Crippen LogP contribution in [-0.2, 0) is 0 Å². The van der Waals surface area contributed by atoms with Gasteiger partial charge < -0.3 is 4.74 Å². The first-order valence-corrected chi connectivity index (χ1v) is 8.77. The third kappa shape index (κ3) is 3.36. The number of thiazole rings is 1. The number of para-hydroxylation sites is 2. The maximum Gasteiger partial charge on any atom is 0.310 e. The zero-order valence-electron chi connectivity index (χ0n) is 14.6. The summed E-state index contributed by atoms with van der Waals surface area (Å²) in [6.07, 6.45) is 0. The van der Waals surface area contributed by atoms with Crippen LogP contribution in [0.5, 0.6) is 5.75 Å². The van der Waals surface area contributed by atoms with Crippen molar-refractivity contribution in [3.63, 3.8) is 0 Å². The van der Waals surface area contributed by atoms with Gasteiger partial charge in [0.2, 0.25) is 5.78 Å². The van der Waals surface area contributed by atoms with E-state index in [-0.39, 0.29) is 23.8 Å². The number of carbonyl (C=O) groups excluding carboxylic acids is 1. The molecule has 7 nitrogen and oxygen atoms in total. The lowest BCUT2D eigenvalue weighted by Crippen LogP contribution is -2.13. The Balaban J connectivity index is 1.83. The van der Waals surface area contributed by atoms with Crippen LogP contribution in [0.2, 0.25) is 0 Å². The van der Waals surface area contributed by atoms with Gasteiger partial charge in [-0.1, -0.05) is 12.1 Å². The van der Waals surface area contributed by atoms with Gasteiger partial charge in [0.25, 0.3) is 0 Å². The van der Waals surface area contributed by atoms with Crippen LogP contribution in [0.15, 0.2) is 35.7 Å². The number of nitro benzene ring substituents is 1. The normalized spacial score (nSPS) is 10.7. The molecule has 134 valence electrons. The lowest BCUT2D eigenvalue weighted by atomic mass is 10.1. The van der Waals surface area contributed by atoms with Crippen LogP contribution in [-0.4, -0.2) is 26.9 Å². The highest BCUT2D eigenvalue weighted by molar-refractivity contribution is 7.12. The Kier molecular flexibility index (Phi) is 4.85. The van der Waals surface area contributed by atoms with Crippen LogP contribution in [0.4, 0.5) is 5.69 Å². The third-order valence-corrected chi connectivity index (χ3v) is 4.89. The van der Waals surface area contributed by atoms with Crippen LogP contribution in [0.1, 0.15) is 27.4 Å². The zero-order chi connectivity index (χ0) is 18.8. The van der Waals surface area contributed by atoms with Crippen molar-refractivity contribution in [2.75, 3.05) is 6.61 Å². The summed E-state index contributed by atoms with van der Waals surface area (Å²) in [7, 11) is 0. The van der Waals surface area contributed by atoms with E-state index in [0.29, 0.717) is 5.56 Å². The summed E-state index contributed by atoms with van der Waals surface area (Å²) in [6, 6.07) is 7.79. The number of nitrogens with zero attached hydrogens (tertiary/aromatic N) is 3. The molecule has 3 aromatic rings. The number of carbonyl (C=O) groups is 1. The number of nitro groups is 1. The summed E-state index contributed by atoms with van der Waals surface area (Å²) in [5.74, 6) is -0.161. The molecule has 3 rings (SSSR count). The monoisotopic (exact) mass is 371 g/mol. The highest BCUT2D eigenvalue weighted by Gasteiger charge is 2.20. The highest BCUT2D eigenvalue weighted by Crippen LogP contribution is 2.27. The average molecular weight is 371 g/mol. The van der Waals surface area contributed by atoms with E-state index in [4.69, 9.17) is 4.74 Å². The van der Waals surface area contributed by atoms with Crippen molar-refractivity contribution in [1.82, 2.24) is 9.55 Å². The van der Waals surface area contributed by atoms with E-state index in [1.165, 1.54) is 23.5 Å². The number of benzene rings is 1. The molecule has 0 radical (unpaired) electrons. The second kappa shape index (κ2) is 7.09. The number of Topliss-reactive ketones (excluding diaryl/α,β-unsaturated/α-hetero) is 1. The van der Waals surface area contributed by atoms with Crippen molar-refractivity contribution in [2.45, 2.75) is 20.8 Å². The second-order valence-corrected chi connectivity index (χ2v) is 6.66. The van der Waals surface area contributed by atoms with E-state index in [1.807, 2.05) is 30.7 Å². The summed E-state index contributed by atoms with van der Waals surface area (Å²) in [5.41, 5.74) is 2.95. The largest absolute Gasteiger partial charge is 0.478 e. The minimum atomic E-state index is -0.531. The standard InChI is InChI=1S/C18H17N3O4S/c1-11-10-26-18(19-11)20-12(2)8-14(13(20)3)16(22)9-25-17-7-5-4-6-15(17)21(23)24/h4-8,10H,9H2,1-3H3. The van der Waals surface area contributed by atoms with E-state index >= 15 is 0 Å². The van der Waals surface area contributed by atoms with Crippen LogP contribution >= 0.6 is 11.3 Å². The van der Waals surface area contributed by atoms with Gasteiger partial charge in [0.1, 0.15) is 0 Å². The second-order valence-electron chi connectivity index (χ2n) is 5.83. The van der Waals surface area contributed by atoms with Crippen molar-refractivity contribution in [1.29, 1.82) is 0 Å². The third-order valence-electron chi connectivity index (χ3n) is 3.95. The Morgan fingerprint density at radius 3 is 2.69 bits per heavy atom. The zero-order valence-corrected chi connectivity index (χ0v) is 15.4. The van der Waals surface area contributed by atoms with Crippen LogP contribution in [0, 0.1) is 30.9 Å². The maximum atomic E-state index is 12.6. The van der Waals surface area contributed by atoms with Gasteiger partial charge in [-0.05, 0) is 32.9 Å². The molecule has 2 heterocycles. The number of ketones is 1. The van der Waals surface area contributed by atoms with E-state index in [2.05, 4.69) is 4.98 Å². The van der Waals surface area contributed by atoms with Crippen molar-refractivity contribution >= 4 is 22.8 Å². The van der Waals surface area contributed by atoms with Crippen molar-refractivity contribution < 1.29 is 14.5 Å². The van der Waals surface area contributed by atoms with Crippen molar-refractivity contribution in [3.05, 3.63) is 68.5 Å². The Morgan fingerprint density at radius 1 is 1.31 bits per heavy atom. The average Bonchev–Trinajstić information content (AvgIpc) is 3.15. The van der Waals surface area contributed by atoms with E-state index in [1.54, 1.807) is 18.2 Å². The van der Waals surface area contributed by atoms with E-state index in [9.17, 15) is 14.9 Å². The minimum absolute atomic E-state index is 0.0789. The molecule has 26 heavy (non-hydrogen) atoms. The maximum absolute atomic E-state index is 12.6. The first-order chi connectivity index (χ1) is 12.4. The molecule has 0 aliphatic carbocycles. The summed E-state index contributed by atoms with van der Waals surface area (Å²) in [5, 5.41) is 13.8. The van der Waals surface area contributed by atoms with Gasteiger partial charge in [0.05, 0.1) is 10.6 Å². The van der Waals surface area contributed by atoms with Crippen LogP contribution in [0.3, 0.4) is 0 Å². The fourth-order valence-electron chi connectivity index (χ4n) is 2.73. The minimum Gasteiger partial charge on any atom is -0.478 e. The predicted octanol–water partition coefficient (Wildman–Crippen LogP) is 4.03. The molecule has 0 amide bonds. The summed E-state index contributed by atoms with van der Waals surface area (Å²) in [4.78, 5) is 27.6. The number of hydrogen-bond donors (Lipinski definition) is 0. The van der Waals surface area contributed by atoms with Crippen molar-refractivity contribution in [2.24, 2.45) is 0 Å². The number of ether oxygens (including phenoxy) is 1. The number of rotatable bonds is 6. The molecule has 8 heteroatoms. The van der Waals surface area contributed by atoms with E-state index in [0.717, 1.165) is 22.2 Å². The molecular formula is C18H17N3O4S. The predicted molar refractivity (Wildman–Crippen MR) is 98.6 cm³/mol. The Morgan fingerprint density at radius 2 is 2.04 bits per heavy atom. The Bertz CT molecular complexity index is 990. The van der Waals surface area contributed by atoms with Gasteiger partial charge in [-0.3, -0.25) is 19.5 Å². The SMILES string of the molecule is Cc1csc(-n2c(C)cc(C(=O)COc3ccccc3[N+](=O)[O-])c2C)n1. The Hall–Kier alpha value is -3.00. The van der Waals surface area contributed by atoms with Gasteiger partial charge in [-0.15, -0.1) is 11.3 Å². The molecule has 0 aliphatic heterocycles. The van der Waals surface area contributed by atoms with Gasteiger partial charge in [0, 0.05) is 28.4 Å². The summed E-state index contributed by atoms with van der Waals surface area (Å²) >= 11 is 1.51. The smallest absolute Gasteiger partial charge is 0.310 e. The van der Waals surface area contributed by atoms with E-state index < -0.39 is 4.92 Å². The van der Waals surface area contributed by atoms with Gasteiger partial charge in [0.15, 0.2) is 17.5 Å². The van der Waals surface area contributed by atoms with Crippen LogP contribution < -0.4 is 4.74 Å². The molecule has 0 bridgehead atoms.